The highest BCUT2D eigenvalue weighted by molar-refractivity contribution is 5.97. The minimum atomic E-state index is -1.04. The fourth-order valence-electron chi connectivity index (χ4n) is 5.21. The highest BCUT2D eigenvalue weighted by Gasteiger charge is 2.34. The van der Waals surface area contributed by atoms with Crippen molar-refractivity contribution in [3.63, 3.8) is 0 Å². The summed E-state index contributed by atoms with van der Waals surface area (Å²) >= 11 is 0. The first kappa shape index (κ1) is 26.6. The number of amides is 2. The van der Waals surface area contributed by atoms with Gasteiger partial charge in [0.2, 0.25) is 12.7 Å². The predicted octanol–water partition coefficient (Wildman–Crippen LogP) is 5.23. The zero-order chi connectivity index (χ0) is 28.2. The van der Waals surface area contributed by atoms with Crippen LogP contribution in [0.4, 0.5) is 4.39 Å². The van der Waals surface area contributed by atoms with Gasteiger partial charge in [-0.2, -0.15) is 0 Å². The van der Waals surface area contributed by atoms with E-state index in [1.54, 1.807) is 18.2 Å². The van der Waals surface area contributed by atoms with E-state index in [-0.39, 0.29) is 31.3 Å². The molecule has 1 fully saturated rings. The zero-order valence-electron chi connectivity index (χ0n) is 22.3. The van der Waals surface area contributed by atoms with Crippen molar-refractivity contribution in [3.8, 4) is 22.8 Å². The maximum absolute atomic E-state index is 14.2. The second kappa shape index (κ2) is 11.9. The maximum Gasteiger partial charge on any atom is 0.271 e. The number of nitrogens with zero attached hydrogens (tertiary/aromatic N) is 1. The van der Waals surface area contributed by atoms with Crippen molar-refractivity contribution >= 4 is 11.8 Å². The zero-order valence-corrected chi connectivity index (χ0v) is 22.3. The number of H-pyrrole nitrogens is 1. The Labute approximate surface area is 237 Å². The monoisotopic (exact) mass is 555 g/mol. The summed E-state index contributed by atoms with van der Waals surface area (Å²) in [5, 5.41) is 2.98. The van der Waals surface area contributed by atoms with Crippen LogP contribution in [0.1, 0.15) is 40.5 Å². The molecule has 2 aliphatic heterocycles. The van der Waals surface area contributed by atoms with Gasteiger partial charge in [0.05, 0.1) is 6.10 Å². The number of carbonyl (C=O) groups excluding carboxylic acids is 2. The lowest BCUT2D eigenvalue weighted by atomic mass is 10.0. The van der Waals surface area contributed by atoms with Crippen LogP contribution >= 0.6 is 0 Å². The van der Waals surface area contributed by atoms with Crippen molar-refractivity contribution in [2.24, 2.45) is 0 Å². The summed E-state index contributed by atoms with van der Waals surface area (Å²) in [6.07, 6.45) is 1.71. The van der Waals surface area contributed by atoms with Crippen LogP contribution < -0.4 is 14.8 Å². The Morgan fingerprint density at radius 2 is 1.78 bits per heavy atom. The molecule has 2 N–H and O–H groups in total. The Morgan fingerprint density at radius 3 is 2.56 bits per heavy atom. The lowest BCUT2D eigenvalue weighted by molar-refractivity contribution is -0.126. The SMILES string of the molecule is O=C(NC[C@H]1CCCO1)[C@H](c1ccc(F)cc1)N(Cc1ccc2c(c1)OCO2)C(=O)c1ccc(-c2ccccc2)[nH]1. The summed E-state index contributed by atoms with van der Waals surface area (Å²) in [6, 6.07) is 23.3. The van der Waals surface area contributed by atoms with Gasteiger partial charge in [-0.1, -0.05) is 48.5 Å². The molecule has 1 saturated heterocycles. The normalized spacial score (nSPS) is 16.4. The van der Waals surface area contributed by atoms with Gasteiger partial charge >= 0.3 is 0 Å². The fraction of sp³-hybridized carbons (Fsp3) is 0.250. The van der Waals surface area contributed by atoms with E-state index in [0.717, 1.165) is 29.7 Å². The van der Waals surface area contributed by atoms with Gasteiger partial charge in [0.15, 0.2) is 11.5 Å². The van der Waals surface area contributed by atoms with Crippen LogP contribution in [-0.4, -0.2) is 47.7 Å². The van der Waals surface area contributed by atoms with Crippen LogP contribution in [0.2, 0.25) is 0 Å². The molecule has 6 rings (SSSR count). The Morgan fingerprint density at radius 1 is 0.976 bits per heavy atom. The van der Waals surface area contributed by atoms with E-state index in [1.165, 1.54) is 29.2 Å². The molecule has 0 saturated carbocycles. The van der Waals surface area contributed by atoms with Gasteiger partial charge < -0.3 is 29.4 Å². The molecular formula is C32H30FN3O5. The first-order valence-corrected chi connectivity index (χ1v) is 13.6. The van der Waals surface area contributed by atoms with E-state index in [9.17, 15) is 14.0 Å². The second-order valence-corrected chi connectivity index (χ2v) is 10.1. The Bertz CT molecular complexity index is 1520. The predicted molar refractivity (Wildman–Crippen MR) is 150 cm³/mol. The topological polar surface area (TPSA) is 92.9 Å². The van der Waals surface area contributed by atoms with Crippen molar-refractivity contribution in [2.75, 3.05) is 19.9 Å². The first-order chi connectivity index (χ1) is 20.0. The summed E-state index contributed by atoms with van der Waals surface area (Å²) in [7, 11) is 0. The van der Waals surface area contributed by atoms with Crippen molar-refractivity contribution in [1.82, 2.24) is 15.2 Å². The highest BCUT2D eigenvalue weighted by atomic mass is 19.1. The average molecular weight is 556 g/mol. The summed E-state index contributed by atoms with van der Waals surface area (Å²) in [6.45, 7) is 1.19. The number of nitrogens with one attached hydrogen (secondary N) is 2. The number of halogens is 1. The number of benzene rings is 3. The van der Waals surface area contributed by atoms with E-state index in [0.29, 0.717) is 35.9 Å². The second-order valence-electron chi connectivity index (χ2n) is 10.1. The van der Waals surface area contributed by atoms with Gasteiger partial charge in [0.25, 0.3) is 5.91 Å². The average Bonchev–Trinajstić information content (AvgIpc) is 3.79. The van der Waals surface area contributed by atoms with Crippen molar-refractivity contribution in [1.29, 1.82) is 0 Å². The van der Waals surface area contributed by atoms with E-state index < -0.39 is 11.9 Å². The molecule has 9 heteroatoms. The van der Waals surface area contributed by atoms with Gasteiger partial charge in [-0.15, -0.1) is 0 Å². The molecule has 0 bridgehead atoms. The van der Waals surface area contributed by atoms with E-state index in [4.69, 9.17) is 14.2 Å². The number of rotatable bonds is 9. The van der Waals surface area contributed by atoms with E-state index in [2.05, 4.69) is 10.3 Å². The molecule has 2 amide bonds. The van der Waals surface area contributed by atoms with Gasteiger partial charge in [0.1, 0.15) is 17.6 Å². The number of ether oxygens (including phenoxy) is 3. The minimum absolute atomic E-state index is 0.0809. The van der Waals surface area contributed by atoms with E-state index >= 15 is 0 Å². The third kappa shape index (κ3) is 5.95. The Balaban J connectivity index is 1.37. The number of carbonyl (C=O) groups is 2. The quantitative estimate of drug-likeness (QED) is 0.295. The van der Waals surface area contributed by atoms with Crippen LogP contribution in [0.3, 0.4) is 0 Å². The lowest BCUT2D eigenvalue weighted by Gasteiger charge is -2.31. The molecule has 4 aromatic rings. The molecule has 3 aromatic carbocycles. The Kier molecular flexibility index (Phi) is 7.69. The molecule has 2 atom stereocenters. The van der Waals surface area contributed by atoms with Crippen molar-refractivity contribution < 1.29 is 28.2 Å². The van der Waals surface area contributed by atoms with Crippen LogP contribution in [0.15, 0.2) is 84.9 Å². The molecule has 0 aliphatic carbocycles. The maximum atomic E-state index is 14.2. The number of hydrogen-bond acceptors (Lipinski definition) is 5. The van der Waals surface area contributed by atoms with Gasteiger partial charge in [-0.3, -0.25) is 9.59 Å². The number of hydrogen-bond donors (Lipinski definition) is 2. The molecule has 3 heterocycles. The van der Waals surface area contributed by atoms with Gasteiger partial charge in [0, 0.05) is 25.4 Å². The van der Waals surface area contributed by atoms with E-state index in [1.807, 2.05) is 42.5 Å². The summed E-state index contributed by atoms with van der Waals surface area (Å²) in [5.74, 6) is -0.00421. The number of aromatic nitrogens is 1. The smallest absolute Gasteiger partial charge is 0.271 e. The van der Waals surface area contributed by atoms with Crippen LogP contribution in [0, 0.1) is 5.82 Å². The fourth-order valence-corrected chi connectivity index (χ4v) is 5.21. The number of fused-ring (bicyclic) bond motifs is 1. The first-order valence-electron chi connectivity index (χ1n) is 13.6. The van der Waals surface area contributed by atoms with Crippen LogP contribution in [0.25, 0.3) is 11.3 Å². The third-order valence-electron chi connectivity index (χ3n) is 7.33. The third-order valence-corrected chi connectivity index (χ3v) is 7.33. The lowest BCUT2D eigenvalue weighted by Crippen LogP contribution is -2.45. The minimum Gasteiger partial charge on any atom is -0.454 e. The highest BCUT2D eigenvalue weighted by Crippen LogP contribution is 2.34. The summed E-state index contributed by atoms with van der Waals surface area (Å²) in [4.78, 5) is 32.8. The molecule has 0 radical (unpaired) electrons. The molecule has 1 aromatic heterocycles. The van der Waals surface area contributed by atoms with Crippen molar-refractivity contribution in [2.45, 2.75) is 31.5 Å². The molecule has 8 nitrogen and oxygen atoms in total. The standard InChI is InChI=1S/C32H30FN3O5/c33-24-11-9-23(10-12-24)30(31(37)34-18-25-7-4-16-39-25)36(19-21-8-15-28-29(17-21)41-20-40-28)32(38)27-14-13-26(35-27)22-5-2-1-3-6-22/h1-3,5-6,8-15,17,25,30,35H,4,7,16,18-20H2,(H,34,37)/t25-,30+/m1/s1. The summed E-state index contributed by atoms with van der Waals surface area (Å²) in [5.41, 5.74) is 3.26. The molecule has 41 heavy (non-hydrogen) atoms. The summed E-state index contributed by atoms with van der Waals surface area (Å²) < 4.78 is 30.6. The largest absolute Gasteiger partial charge is 0.454 e. The van der Waals surface area contributed by atoms with Crippen LogP contribution in [-0.2, 0) is 16.1 Å². The molecule has 210 valence electrons. The Hall–Kier alpha value is -4.63. The van der Waals surface area contributed by atoms with Crippen LogP contribution in [0.5, 0.6) is 11.5 Å². The molecule has 0 spiro atoms. The van der Waals surface area contributed by atoms with Crippen molar-refractivity contribution in [3.05, 3.63) is 108 Å². The molecular weight excluding hydrogens is 525 g/mol. The van der Waals surface area contributed by atoms with Gasteiger partial charge in [-0.05, 0) is 65.9 Å². The van der Waals surface area contributed by atoms with Gasteiger partial charge in [-0.25, -0.2) is 4.39 Å². The number of aromatic amines is 1. The molecule has 0 unspecified atom stereocenters. The molecule has 2 aliphatic rings.